The Morgan fingerprint density at radius 3 is 2.50 bits per heavy atom. The number of carbonyl (C=O) groups excluding carboxylic acids is 1. The number of anilines is 1. The number of amides is 1. The zero-order valence-corrected chi connectivity index (χ0v) is 17.7. The van der Waals surface area contributed by atoms with E-state index in [1.807, 2.05) is 43.0 Å². The average Bonchev–Trinajstić information content (AvgIpc) is 3.09. The van der Waals surface area contributed by atoms with Crippen LogP contribution in [0.5, 0.6) is 5.75 Å². The monoisotopic (exact) mass is 405 g/mol. The summed E-state index contributed by atoms with van der Waals surface area (Å²) in [5, 5.41) is 3.96. The topological polar surface area (TPSA) is 58.8 Å². The number of aromatic nitrogens is 1. The fourth-order valence-corrected chi connectivity index (χ4v) is 3.79. The molecular weight excluding hydrogens is 378 g/mol. The molecule has 0 saturated carbocycles. The Morgan fingerprint density at radius 1 is 1.03 bits per heavy atom. The summed E-state index contributed by atoms with van der Waals surface area (Å²) in [7, 11) is 0. The molecule has 1 amide bonds. The van der Waals surface area contributed by atoms with Gasteiger partial charge >= 0.3 is 0 Å². The van der Waals surface area contributed by atoms with Crippen LogP contribution in [0, 0.1) is 20.8 Å². The van der Waals surface area contributed by atoms with Gasteiger partial charge in [0.2, 0.25) is 0 Å². The van der Waals surface area contributed by atoms with Crippen LogP contribution in [-0.4, -0.2) is 42.1 Å². The van der Waals surface area contributed by atoms with E-state index in [0.717, 1.165) is 30.1 Å². The molecule has 2 heterocycles. The number of para-hydroxylation sites is 1. The molecule has 2 aromatic carbocycles. The molecule has 0 radical (unpaired) electrons. The first-order valence-corrected chi connectivity index (χ1v) is 10.3. The van der Waals surface area contributed by atoms with Crippen LogP contribution in [0.1, 0.15) is 32.9 Å². The molecule has 6 nitrogen and oxygen atoms in total. The molecule has 1 aliphatic rings. The molecule has 0 atom stereocenters. The fraction of sp³-hybridized carbons (Fsp3) is 0.333. The van der Waals surface area contributed by atoms with Crippen molar-refractivity contribution in [1.82, 2.24) is 10.1 Å². The summed E-state index contributed by atoms with van der Waals surface area (Å²) in [5.41, 5.74) is 4.78. The van der Waals surface area contributed by atoms with Gasteiger partial charge in [0.05, 0.1) is 16.8 Å². The summed E-state index contributed by atoms with van der Waals surface area (Å²) < 4.78 is 11.2. The Morgan fingerprint density at radius 2 is 1.80 bits per heavy atom. The lowest BCUT2D eigenvalue weighted by Crippen LogP contribution is -2.48. The van der Waals surface area contributed by atoms with Crippen LogP contribution in [-0.2, 0) is 6.61 Å². The number of hydrogen-bond donors (Lipinski definition) is 0. The first-order chi connectivity index (χ1) is 14.5. The number of carbonyl (C=O) groups is 1. The average molecular weight is 405 g/mol. The second-order valence-electron chi connectivity index (χ2n) is 7.71. The van der Waals surface area contributed by atoms with Crippen molar-refractivity contribution in [3.63, 3.8) is 0 Å². The predicted octanol–water partition coefficient (Wildman–Crippen LogP) is 4.14. The van der Waals surface area contributed by atoms with Gasteiger partial charge in [-0.05, 0) is 50.6 Å². The summed E-state index contributed by atoms with van der Waals surface area (Å²) in [6.45, 7) is 9.18. The minimum atomic E-state index is 0.00764. The van der Waals surface area contributed by atoms with E-state index in [1.165, 1.54) is 11.3 Å². The number of benzene rings is 2. The number of rotatable bonds is 5. The van der Waals surface area contributed by atoms with Crippen LogP contribution in [0.15, 0.2) is 53.1 Å². The van der Waals surface area contributed by atoms with E-state index in [1.54, 1.807) is 0 Å². The molecule has 156 valence electrons. The molecule has 1 saturated heterocycles. The van der Waals surface area contributed by atoms with Crippen molar-refractivity contribution in [3.8, 4) is 5.75 Å². The highest BCUT2D eigenvalue weighted by atomic mass is 16.5. The third-order valence-electron chi connectivity index (χ3n) is 5.60. The molecule has 0 N–H and O–H groups in total. The van der Waals surface area contributed by atoms with Crippen LogP contribution in [0.3, 0.4) is 0 Å². The molecule has 6 heteroatoms. The summed E-state index contributed by atoms with van der Waals surface area (Å²) >= 11 is 0. The van der Waals surface area contributed by atoms with E-state index in [2.05, 4.69) is 41.2 Å². The van der Waals surface area contributed by atoms with Gasteiger partial charge in [0.25, 0.3) is 5.91 Å². The van der Waals surface area contributed by atoms with Crippen molar-refractivity contribution in [3.05, 3.63) is 76.7 Å². The van der Waals surface area contributed by atoms with Gasteiger partial charge in [-0.1, -0.05) is 29.4 Å². The highest BCUT2D eigenvalue weighted by molar-refractivity contribution is 5.97. The summed E-state index contributed by atoms with van der Waals surface area (Å²) in [6, 6.07) is 15.9. The van der Waals surface area contributed by atoms with Crippen molar-refractivity contribution >= 4 is 11.6 Å². The van der Waals surface area contributed by atoms with Gasteiger partial charge in [-0.25, -0.2) is 0 Å². The van der Waals surface area contributed by atoms with Gasteiger partial charge in [0, 0.05) is 31.9 Å². The third-order valence-corrected chi connectivity index (χ3v) is 5.60. The molecule has 4 rings (SSSR count). The van der Waals surface area contributed by atoms with E-state index >= 15 is 0 Å². The van der Waals surface area contributed by atoms with Crippen LogP contribution >= 0.6 is 0 Å². The van der Waals surface area contributed by atoms with Crippen LogP contribution in [0.25, 0.3) is 0 Å². The molecule has 0 bridgehead atoms. The first-order valence-electron chi connectivity index (χ1n) is 10.3. The van der Waals surface area contributed by atoms with Gasteiger partial charge in [0.15, 0.2) is 0 Å². The molecule has 1 aliphatic heterocycles. The van der Waals surface area contributed by atoms with Gasteiger partial charge < -0.3 is 19.1 Å². The lowest BCUT2D eigenvalue weighted by Gasteiger charge is -2.36. The maximum Gasteiger partial charge on any atom is 0.257 e. The van der Waals surface area contributed by atoms with Gasteiger partial charge in [-0.15, -0.1) is 0 Å². The maximum absolute atomic E-state index is 13.2. The highest BCUT2D eigenvalue weighted by Gasteiger charge is 2.24. The first kappa shape index (κ1) is 20.0. The predicted molar refractivity (Wildman–Crippen MR) is 116 cm³/mol. The Hall–Kier alpha value is -3.28. The van der Waals surface area contributed by atoms with Crippen LogP contribution in [0.2, 0.25) is 0 Å². The minimum Gasteiger partial charge on any atom is -0.488 e. The lowest BCUT2D eigenvalue weighted by molar-refractivity contribution is 0.0742. The maximum atomic E-state index is 13.2. The Kier molecular flexibility index (Phi) is 5.74. The Labute approximate surface area is 177 Å². The van der Waals surface area contributed by atoms with E-state index in [4.69, 9.17) is 9.26 Å². The van der Waals surface area contributed by atoms with Crippen molar-refractivity contribution in [1.29, 1.82) is 0 Å². The number of piperazine rings is 1. The standard InChI is InChI=1S/C24H27N3O3/c1-17-7-6-8-20(15-17)26-11-13-27(14-12-26)24(28)21-9-4-5-10-23(21)29-16-22-18(2)25-30-19(22)3/h4-10,15H,11-14,16H2,1-3H3. The molecule has 0 aliphatic carbocycles. The van der Waals surface area contributed by atoms with E-state index < -0.39 is 0 Å². The van der Waals surface area contributed by atoms with Crippen molar-refractivity contribution in [2.24, 2.45) is 0 Å². The normalized spacial score (nSPS) is 14.1. The molecular formula is C24H27N3O3. The molecule has 3 aromatic rings. The molecule has 1 aromatic heterocycles. The van der Waals surface area contributed by atoms with Gasteiger partial charge in [0.1, 0.15) is 18.1 Å². The smallest absolute Gasteiger partial charge is 0.257 e. The van der Waals surface area contributed by atoms with Crippen molar-refractivity contribution < 1.29 is 14.1 Å². The van der Waals surface area contributed by atoms with Gasteiger partial charge in [-0.3, -0.25) is 4.79 Å². The van der Waals surface area contributed by atoms with E-state index in [-0.39, 0.29) is 5.91 Å². The number of ether oxygens (including phenoxy) is 1. The summed E-state index contributed by atoms with van der Waals surface area (Å²) in [4.78, 5) is 17.4. The molecule has 0 spiro atoms. The summed E-state index contributed by atoms with van der Waals surface area (Å²) in [5.74, 6) is 1.33. The second-order valence-corrected chi connectivity index (χ2v) is 7.71. The Bertz CT molecular complexity index is 1020. The van der Waals surface area contributed by atoms with Crippen molar-refractivity contribution in [2.75, 3.05) is 31.1 Å². The third kappa shape index (κ3) is 4.17. The summed E-state index contributed by atoms with van der Waals surface area (Å²) in [6.07, 6.45) is 0. The van der Waals surface area contributed by atoms with Gasteiger partial charge in [-0.2, -0.15) is 0 Å². The highest BCUT2D eigenvalue weighted by Crippen LogP contribution is 2.24. The second kappa shape index (κ2) is 8.61. The largest absolute Gasteiger partial charge is 0.488 e. The fourth-order valence-electron chi connectivity index (χ4n) is 3.79. The quantitative estimate of drug-likeness (QED) is 0.638. The minimum absolute atomic E-state index is 0.00764. The zero-order valence-electron chi connectivity index (χ0n) is 17.7. The van der Waals surface area contributed by atoms with E-state index in [0.29, 0.717) is 31.0 Å². The molecule has 30 heavy (non-hydrogen) atoms. The number of hydrogen-bond acceptors (Lipinski definition) is 5. The number of nitrogens with zero attached hydrogens (tertiary/aromatic N) is 3. The lowest BCUT2D eigenvalue weighted by atomic mass is 10.1. The number of aryl methyl sites for hydroxylation is 3. The van der Waals surface area contributed by atoms with Crippen LogP contribution in [0.4, 0.5) is 5.69 Å². The van der Waals surface area contributed by atoms with Crippen LogP contribution < -0.4 is 9.64 Å². The molecule has 1 fully saturated rings. The zero-order chi connectivity index (χ0) is 21.1. The van der Waals surface area contributed by atoms with E-state index in [9.17, 15) is 4.79 Å². The molecule has 0 unspecified atom stereocenters. The SMILES string of the molecule is Cc1cccc(N2CCN(C(=O)c3ccccc3OCc3c(C)noc3C)CC2)c1. The van der Waals surface area contributed by atoms with Crippen molar-refractivity contribution in [2.45, 2.75) is 27.4 Å². The Balaban J connectivity index is 1.43.